The van der Waals surface area contributed by atoms with E-state index in [0.29, 0.717) is 5.92 Å². The van der Waals surface area contributed by atoms with Gasteiger partial charge in [0.2, 0.25) is 0 Å². The van der Waals surface area contributed by atoms with E-state index in [2.05, 4.69) is 26.1 Å². The Hall–Kier alpha value is -0.410. The molecule has 0 saturated heterocycles. The van der Waals surface area contributed by atoms with Crippen molar-refractivity contribution in [1.29, 1.82) is 0 Å². The molecule has 0 radical (unpaired) electrons. The van der Waals surface area contributed by atoms with Crippen LogP contribution >= 0.6 is 11.3 Å². The van der Waals surface area contributed by atoms with Crippen LogP contribution in [0.4, 0.5) is 0 Å². The van der Waals surface area contributed by atoms with Gasteiger partial charge in [0.1, 0.15) is 0 Å². The molecule has 0 amide bonds. The topological polar surface area (TPSA) is 24.9 Å². The molecule has 3 heteroatoms. The van der Waals surface area contributed by atoms with E-state index in [-0.39, 0.29) is 0 Å². The van der Waals surface area contributed by atoms with Crippen LogP contribution in [-0.2, 0) is 6.54 Å². The van der Waals surface area contributed by atoms with Gasteiger partial charge in [-0.1, -0.05) is 27.2 Å². The Morgan fingerprint density at radius 3 is 2.58 bits per heavy atom. The fourth-order valence-corrected chi connectivity index (χ4v) is 3.89. The van der Waals surface area contributed by atoms with E-state index in [9.17, 15) is 0 Å². The molecule has 2 nitrogen and oxygen atoms in total. The van der Waals surface area contributed by atoms with Crippen molar-refractivity contribution in [3.8, 4) is 0 Å². The van der Waals surface area contributed by atoms with E-state index in [1.54, 1.807) is 0 Å². The number of thiazole rings is 1. The highest BCUT2D eigenvalue weighted by Crippen LogP contribution is 2.44. The van der Waals surface area contributed by atoms with Crippen molar-refractivity contribution in [1.82, 2.24) is 10.3 Å². The van der Waals surface area contributed by atoms with Crippen LogP contribution in [-0.4, -0.2) is 11.5 Å². The van der Waals surface area contributed by atoms with Crippen molar-refractivity contribution in [2.75, 3.05) is 6.54 Å². The average Bonchev–Trinajstić information content (AvgIpc) is 3.18. The number of aromatic nitrogens is 1. The molecule has 0 spiro atoms. The van der Waals surface area contributed by atoms with E-state index in [0.717, 1.165) is 19.0 Å². The Balaban J connectivity index is 2.02. The summed E-state index contributed by atoms with van der Waals surface area (Å²) < 4.78 is 0. The molecule has 1 heterocycles. The molecule has 1 N–H and O–H groups in total. The van der Waals surface area contributed by atoms with E-state index >= 15 is 0 Å². The minimum atomic E-state index is 0.673. The lowest BCUT2D eigenvalue weighted by molar-refractivity contribution is 0.633. The summed E-state index contributed by atoms with van der Waals surface area (Å²) in [5.41, 5.74) is 1.43. The van der Waals surface area contributed by atoms with Gasteiger partial charge >= 0.3 is 0 Å². The molecule has 2 rings (SSSR count). The van der Waals surface area contributed by atoms with Gasteiger partial charge in [0.25, 0.3) is 0 Å². The third kappa shape index (κ3) is 4.03. The highest BCUT2D eigenvalue weighted by molar-refractivity contribution is 7.11. The second kappa shape index (κ2) is 7.39. The molecule has 1 aromatic rings. The van der Waals surface area contributed by atoms with Crippen molar-refractivity contribution < 1.29 is 0 Å². The van der Waals surface area contributed by atoms with Gasteiger partial charge in [0.05, 0.1) is 10.7 Å². The lowest BCUT2D eigenvalue weighted by atomic mass is 10.1. The van der Waals surface area contributed by atoms with Crippen LogP contribution in [0.2, 0.25) is 0 Å². The maximum atomic E-state index is 4.99. The molecule has 0 unspecified atom stereocenters. The molecule has 0 bridgehead atoms. The first-order valence-corrected chi connectivity index (χ1v) is 8.81. The summed E-state index contributed by atoms with van der Waals surface area (Å²) in [6.45, 7) is 8.98. The highest BCUT2D eigenvalue weighted by Gasteiger charge is 2.30. The minimum Gasteiger partial charge on any atom is -0.312 e. The second-order valence-corrected chi connectivity index (χ2v) is 6.79. The van der Waals surface area contributed by atoms with Gasteiger partial charge in [-0.3, -0.25) is 0 Å². The van der Waals surface area contributed by atoms with Gasteiger partial charge in [-0.05, 0) is 38.6 Å². The van der Waals surface area contributed by atoms with Gasteiger partial charge in [0, 0.05) is 23.3 Å². The summed E-state index contributed by atoms with van der Waals surface area (Å²) in [4.78, 5) is 6.51. The molecule has 1 aromatic heterocycles. The van der Waals surface area contributed by atoms with Crippen molar-refractivity contribution >= 4 is 11.3 Å². The Bertz CT molecular complexity index is 378. The molecule has 0 aliphatic heterocycles. The largest absolute Gasteiger partial charge is 0.312 e. The van der Waals surface area contributed by atoms with Crippen molar-refractivity contribution in [3.05, 3.63) is 15.6 Å². The fraction of sp³-hybridized carbons (Fsp3) is 0.812. The van der Waals surface area contributed by atoms with Gasteiger partial charge in [-0.15, -0.1) is 11.3 Å². The maximum Gasteiger partial charge on any atom is 0.0962 e. The Morgan fingerprint density at radius 2 is 2.00 bits per heavy atom. The number of unbranched alkanes of at least 4 members (excludes halogenated alkanes) is 1. The maximum absolute atomic E-state index is 4.99. The average molecular weight is 280 g/mol. The normalized spacial score (nSPS) is 15.4. The number of nitrogens with zero attached hydrogens (tertiary/aromatic N) is 1. The van der Waals surface area contributed by atoms with Crippen LogP contribution in [0.3, 0.4) is 0 Å². The molecule has 0 aromatic carbocycles. The molecule has 108 valence electrons. The van der Waals surface area contributed by atoms with Crippen LogP contribution in [0.1, 0.15) is 86.7 Å². The predicted molar refractivity (Wildman–Crippen MR) is 84.0 cm³/mol. The summed E-state index contributed by atoms with van der Waals surface area (Å²) in [6, 6.07) is 0. The SMILES string of the molecule is CCCCNCc1sc(C(CC)CC)nc1C1CC1. The number of hydrogen-bond acceptors (Lipinski definition) is 3. The quantitative estimate of drug-likeness (QED) is 0.656. The number of rotatable bonds is 9. The summed E-state index contributed by atoms with van der Waals surface area (Å²) in [7, 11) is 0. The Labute approximate surface area is 122 Å². The number of hydrogen-bond donors (Lipinski definition) is 1. The second-order valence-electron chi connectivity index (χ2n) is 5.68. The van der Waals surface area contributed by atoms with Crippen molar-refractivity contribution in [3.63, 3.8) is 0 Å². The summed E-state index contributed by atoms with van der Waals surface area (Å²) in [6.07, 6.45) is 7.69. The molecule has 1 aliphatic carbocycles. The van der Waals surface area contributed by atoms with Crippen molar-refractivity contribution in [2.24, 2.45) is 0 Å². The van der Waals surface area contributed by atoms with Crippen LogP contribution < -0.4 is 5.32 Å². The number of nitrogens with one attached hydrogen (secondary N) is 1. The zero-order chi connectivity index (χ0) is 13.7. The van der Waals surface area contributed by atoms with E-state index < -0.39 is 0 Å². The smallest absolute Gasteiger partial charge is 0.0962 e. The minimum absolute atomic E-state index is 0.673. The van der Waals surface area contributed by atoms with Crippen molar-refractivity contribution in [2.45, 2.75) is 77.7 Å². The Morgan fingerprint density at radius 1 is 1.26 bits per heavy atom. The van der Waals surface area contributed by atoms with Gasteiger partial charge in [-0.2, -0.15) is 0 Å². The lowest BCUT2D eigenvalue weighted by Crippen LogP contribution is -2.14. The summed E-state index contributed by atoms with van der Waals surface area (Å²) >= 11 is 1.97. The third-order valence-corrected chi connectivity index (χ3v) is 5.27. The Kier molecular flexibility index (Phi) is 5.83. The third-order valence-electron chi connectivity index (χ3n) is 4.04. The fourth-order valence-electron chi connectivity index (χ4n) is 2.50. The summed E-state index contributed by atoms with van der Waals surface area (Å²) in [5.74, 6) is 1.45. The predicted octanol–water partition coefficient (Wildman–Crippen LogP) is 4.81. The zero-order valence-corrected chi connectivity index (χ0v) is 13.5. The van der Waals surface area contributed by atoms with Gasteiger partial charge in [0.15, 0.2) is 0 Å². The molecular weight excluding hydrogens is 252 g/mol. The first-order chi connectivity index (χ1) is 9.30. The zero-order valence-electron chi connectivity index (χ0n) is 12.7. The standard InChI is InChI=1S/C16H28N2S/c1-4-7-10-17-11-14-15(13-8-9-13)18-16(19-14)12(5-2)6-3/h12-13,17H,4-11H2,1-3H3. The van der Waals surface area contributed by atoms with E-state index in [1.165, 1.54) is 54.1 Å². The molecule has 19 heavy (non-hydrogen) atoms. The van der Waals surface area contributed by atoms with Gasteiger partial charge in [-0.25, -0.2) is 4.98 Å². The van der Waals surface area contributed by atoms with Crippen LogP contribution in [0.5, 0.6) is 0 Å². The molecule has 1 fully saturated rings. The molecular formula is C16H28N2S. The van der Waals surface area contributed by atoms with Crippen LogP contribution in [0.25, 0.3) is 0 Å². The lowest BCUT2D eigenvalue weighted by Gasteiger charge is -2.07. The first kappa shape index (κ1) is 15.0. The van der Waals surface area contributed by atoms with E-state index in [4.69, 9.17) is 4.98 Å². The first-order valence-electron chi connectivity index (χ1n) is 8.00. The monoisotopic (exact) mass is 280 g/mol. The molecule has 1 saturated carbocycles. The highest BCUT2D eigenvalue weighted by atomic mass is 32.1. The summed E-state index contributed by atoms with van der Waals surface area (Å²) in [5, 5.41) is 4.97. The van der Waals surface area contributed by atoms with E-state index in [1.807, 2.05) is 11.3 Å². The van der Waals surface area contributed by atoms with Crippen LogP contribution in [0.15, 0.2) is 0 Å². The van der Waals surface area contributed by atoms with Crippen LogP contribution in [0, 0.1) is 0 Å². The van der Waals surface area contributed by atoms with Gasteiger partial charge < -0.3 is 5.32 Å². The molecule has 1 aliphatic rings. The molecule has 0 atom stereocenters.